The van der Waals surface area contributed by atoms with Crippen LogP contribution < -0.4 is 0 Å². The predicted octanol–water partition coefficient (Wildman–Crippen LogP) is 4.43. The fourth-order valence-corrected chi connectivity index (χ4v) is 2.78. The van der Waals surface area contributed by atoms with Crippen LogP contribution in [0.25, 0.3) is 16.9 Å². The van der Waals surface area contributed by atoms with Crippen molar-refractivity contribution in [2.75, 3.05) is 0 Å². The van der Waals surface area contributed by atoms with Crippen molar-refractivity contribution in [3.63, 3.8) is 0 Å². The zero-order valence-corrected chi connectivity index (χ0v) is 13.1. The van der Waals surface area contributed by atoms with Gasteiger partial charge in [0.1, 0.15) is 5.65 Å². The second kappa shape index (κ2) is 6.13. The highest BCUT2D eigenvalue weighted by Crippen LogP contribution is 2.20. The van der Waals surface area contributed by atoms with Gasteiger partial charge in [0.25, 0.3) is 0 Å². The molecule has 0 aliphatic rings. The minimum Gasteiger partial charge on any atom is -0.306 e. The summed E-state index contributed by atoms with van der Waals surface area (Å²) in [5, 5.41) is 0. The Labute approximate surface area is 140 Å². The SMILES string of the molecule is O=C(Cc1ccc(-c2cn3ccccc3n2)cc1)c1ccccc1. The number of benzene rings is 2. The molecule has 2 aromatic carbocycles. The molecule has 0 aliphatic heterocycles. The molecule has 0 saturated carbocycles. The molecule has 0 spiro atoms. The van der Waals surface area contributed by atoms with Crippen LogP contribution in [0.4, 0.5) is 0 Å². The number of hydrogen-bond donors (Lipinski definition) is 0. The first-order valence-electron chi connectivity index (χ1n) is 7.91. The Morgan fingerprint density at radius 2 is 1.62 bits per heavy atom. The number of rotatable bonds is 4. The number of imidazole rings is 1. The predicted molar refractivity (Wildman–Crippen MR) is 95.1 cm³/mol. The number of carbonyl (C=O) groups is 1. The molecule has 0 unspecified atom stereocenters. The van der Waals surface area contributed by atoms with E-state index in [4.69, 9.17) is 0 Å². The lowest BCUT2D eigenvalue weighted by molar-refractivity contribution is 0.0993. The van der Waals surface area contributed by atoms with Crippen molar-refractivity contribution in [2.45, 2.75) is 6.42 Å². The molecule has 116 valence electrons. The zero-order valence-electron chi connectivity index (χ0n) is 13.1. The van der Waals surface area contributed by atoms with E-state index in [2.05, 4.69) is 4.98 Å². The molecule has 2 heterocycles. The molecule has 0 saturated heterocycles. The molecule has 0 N–H and O–H groups in total. The molecular weight excluding hydrogens is 296 g/mol. The van der Waals surface area contributed by atoms with Crippen LogP contribution in [-0.4, -0.2) is 15.2 Å². The summed E-state index contributed by atoms with van der Waals surface area (Å²) in [7, 11) is 0. The summed E-state index contributed by atoms with van der Waals surface area (Å²) in [6, 6.07) is 23.4. The summed E-state index contributed by atoms with van der Waals surface area (Å²) < 4.78 is 2.00. The van der Waals surface area contributed by atoms with Crippen molar-refractivity contribution < 1.29 is 4.79 Å². The Bertz CT molecular complexity index is 952. The minimum absolute atomic E-state index is 0.135. The van der Waals surface area contributed by atoms with Gasteiger partial charge in [0.15, 0.2) is 5.78 Å². The quantitative estimate of drug-likeness (QED) is 0.523. The number of carbonyl (C=O) groups excluding carboxylic acids is 1. The van der Waals surface area contributed by atoms with Crippen LogP contribution in [-0.2, 0) is 6.42 Å². The molecule has 0 atom stereocenters. The van der Waals surface area contributed by atoms with Gasteiger partial charge in [-0.2, -0.15) is 0 Å². The van der Waals surface area contributed by atoms with E-state index in [1.54, 1.807) is 0 Å². The highest BCUT2D eigenvalue weighted by atomic mass is 16.1. The second-order valence-corrected chi connectivity index (χ2v) is 5.76. The largest absolute Gasteiger partial charge is 0.306 e. The van der Waals surface area contributed by atoms with Gasteiger partial charge in [-0.25, -0.2) is 4.98 Å². The Hall–Kier alpha value is -3.20. The third kappa shape index (κ3) is 2.84. The summed E-state index contributed by atoms with van der Waals surface area (Å²) in [5.41, 5.74) is 4.67. The van der Waals surface area contributed by atoms with Crippen LogP contribution in [0.1, 0.15) is 15.9 Å². The lowest BCUT2D eigenvalue weighted by atomic mass is 10.0. The zero-order chi connectivity index (χ0) is 16.4. The van der Waals surface area contributed by atoms with Gasteiger partial charge >= 0.3 is 0 Å². The van der Waals surface area contributed by atoms with E-state index in [-0.39, 0.29) is 5.78 Å². The third-order valence-electron chi connectivity index (χ3n) is 4.07. The van der Waals surface area contributed by atoms with E-state index in [0.717, 1.165) is 28.0 Å². The molecule has 24 heavy (non-hydrogen) atoms. The number of ketones is 1. The first-order chi connectivity index (χ1) is 11.8. The van der Waals surface area contributed by atoms with Gasteiger partial charge in [-0.1, -0.05) is 60.7 Å². The van der Waals surface area contributed by atoms with Gasteiger partial charge < -0.3 is 4.40 Å². The van der Waals surface area contributed by atoms with E-state index in [9.17, 15) is 4.79 Å². The highest BCUT2D eigenvalue weighted by molar-refractivity contribution is 5.97. The molecule has 3 nitrogen and oxygen atoms in total. The smallest absolute Gasteiger partial charge is 0.167 e. The van der Waals surface area contributed by atoms with Crippen LogP contribution in [0.15, 0.2) is 85.2 Å². The van der Waals surface area contributed by atoms with Crippen LogP contribution in [0.2, 0.25) is 0 Å². The van der Waals surface area contributed by atoms with Gasteiger partial charge in [0, 0.05) is 29.9 Å². The van der Waals surface area contributed by atoms with Crippen LogP contribution in [0, 0.1) is 0 Å². The van der Waals surface area contributed by atoms with Gasteiger partial charge in [0.05, 0.1) is 5.69 Å². The first kappa shape index (κ1) is 14.4. The van der Waals surface area contributed by atoms with Crippen LogP contribution in [0.3, 0.4) is 0 Å². The molecule has 0 bridgehead atoms. The van der Waals surface area contributed by atoms with E-state index >= 15 is 0 Å². The standard InChI is InChI=1S/C21H16N2O/c24-20(18-6-2-1-3-7-18)14-16-9-11-17(12-10-16)19-15-23-13-5-4-8-21(23)22-19/h1-13,15H,14H2. The molecule has 0 aliphatic carbocycles. The Morgan fingerprint density at radius 3 is 2.38 bits per heavy atom. The van der Waals surface area contributed by atoms with Crippen molar-refractivity contribution in [2.24, 2.45) is 0 Å². The fraction of sp³-hybridized carbons (Fsp3) is 0.0476. The van der Waals surface area contributed by atoms with Crippen molar-refractivity contribution in [1.82, 2.24) is 9.38 Å². The number of Topliss-reactive ketones (excluding diaryl/α,β-unsaturated/α-hetero) is 1. The van der Waals surface area contributed by atoms with Crippen molar-refractivity contribution in [3.05, 3.63) is 96.3 Å². The number of fused-ring (bicyclic) bond motifs is 1. The van der Waals surface area contributed by atoms with Gasteiger partial charge in [-0.15, -0.1) is 0 Å². The molecule has 4 aromatic rings. The normalized spacial score (nSPS) is 10.8. The minimum atomic E-state index is 0.135. The lowest BCUT2D eigenvalue weighted by Crippen LogP contribution is -2.02. The summed E-state index contributed by atoms with van der Waals surface area (Å²) in [5.74, 6) is 0.135. The molecule has 0 amide bonds. The molecule has 3 heteroatoms. The summed E-state index contributed by atoms with van der Waals surface area (Å²) in [4.78, 5) is 16.9. The van der Waals surface area contributed by atoms with E-state index in [0.29, 0.717) is 6.42 Å². The van der Waals surface area contributed by atoms with Crippen molar-refractivity contribution in [1.29, 1.82) is 0 Å². The van der Waals surface area contributed by atoms with Crippen LogP contribution in [0.5, 0.6) is 0 Å². The summed E-state index contributed by atoms with van der Waals surface area (Å²) in [6.07, 6.45) is 4.41. The Kier molecular flexibility index (Phi) is 3.67. The number of nitrogens with zero attached hydrogens (tertiary/aromatic N) is 2. The van der Waals surface area contributed by atoms with Crippen molar-refractivity contribution in [3.8, 4) is 11.3 Å². The molecule has 0 radical (unpaired) electrons. The van der Waals surface area contributed by atoms with Crippen molar-refractivity contribution >= 4 is 11.4 Å². The first-order valence-corrected chi connectivity index (χ1v) is 7.91. The molecular formula is C21H16N2O. The van der Waals surface area contributed by atoms with E-state index in [1.807, 2.05) is 89.6 Å². The number of hydrogen-bond acceptors (Lipinski definition) is 2. The molecule has 4 rings (SSSR count). The summed E-state index contributed by atoms with van der Waals surface area (Å²) in [6.45, 7) is 0. The second-order valence-electron chi connectivity index (χ2n) is 5.76. The van der Waals surface area contributed by atoms with Crippen LogP contribution >= 0.6 is 0 Å². The maximum Gasteiger partial charge on any atom is 0.167 e. The van der Waals surface area contributed by atoms with E-state index in [1.165, 1.54) is 0 Å². The van der Waals surface area contributed by atoms with Gasteiger partial charge in [-0.05, 0) is 17.7 Å². The molecule has 0 fully saturated rings. The summed E-state index contributed by atoms with van der Waals surface area (Å²) >= 11 is 0. The van der Waals surface area contributed by atoms with E-state index < -0.39 is 0 Å². The highest BCUT2D eigenvalue weighted by Gasteiger charge is 2.08. The average Bonchev–Trinajstić information content (AvgIpc) is 3.07. The Balaban J connectivity index is 1.55. The third-order valence-corrected chi connectivity index (χ3v) is 4.07. The maximum atomic E-state index is 12.3. The van der Waals surface area contributed by atoms with Gasteiger partial charge in [-0.3, -0.25) is 4.79 Å². The van der Waals surface area contributed by atoms with Gasteiger partial charge in [0.2, 0.25) is 0 Å². The molecule has 2 aromatic heterocycles. The number of aromatic nitrogens is 2. The number of pyridine rings is 1. The Morgan fingerprint density at radius 1 is 0.875 bits per heavy atom. The fourth-order valence-electron chi connectivity index (χ4n) is 2.78. The maximum absolute atomic E-state index is 12.3. The topological polar surface area (TPSA) is 34.4 Å². The average molecular weight is 312 g/mol. The monoisotopic (exact) mass is 312 g/mol. The lowest BCUT2D eigenvalue weighted by Gasteiger charge is -2.03.